The summed E-state index contributed by atoms with van der Waals surface area (Å²) in [6, 6.07) is 5.06. The zero-order valence-electron chi connectivity index (χ0n) is 13.7. The summed E-state index contributed by atoms with van der Waals surface area (Å²) < 4.78 is 10.9. The van der Waals surface area contributed by atoms with Gasteiger partial charge in [-0.3, -0.25) is 9.59 Å². The number of carboxylic acid groups (broad SMARTS) is 1. The highest BCUT2D eigenvalue weighted by Gasteiger charge is 2.30. The van der Waals surface area contributed by atoms with Crippen molar-refractivity contribution < 1.29 is 24.2 Å². The molecule has 0 bridgehead atoms. The molecule has 6 nitrogen and oxygen atoms in total. The number of ether oxygens (including phenoxy) is 2. The Hall–Kier alpha value is -2.24. The molecule has 1 N–H and O–H groups in total. The summed E-state index contributed by atoms with van der Waals surface area (Å²) in [4.78, 5) is 25.6. The lowest BCUT2D eigenvalue weighted by molar-refractivity contribution is -0.143. The van der Waals surface area contributed by atoms with Crippen LogP contribution in [0.4, 0.5) is 0 Å². The predicted octanol–water partition coefficient (Wildman–Crippen LogP) is 2.42. The van der Waals surface area contributed by atoms with Crippen molar-refractivity contribution in [2.45, 2.75) is 32.8 Å². The molecule has 1 aromatic carbocycles. The van der Waals surface area contributed by atoms with E-state index in [0.29, 0.717) is 36.4 Å². The van der Waals surface area contributed by atoms with E-state index in [1.54, 1.807) is 30.2 Å². The summed E-state index contributed by atoms with van der Waals surface area (Å²) in [6.07, 6.45) is 1.22. The van der Waals surface area contributed by atoms with Gasteiger partial charge in [0.1, 0.15) is 11.5 Å². The normalized spacial score (nSPS) is 17.9. The largest absolute Gasteiger partial charge is 0.497 e. The van der Waals surface area contributed by atoms with Gasteiger partial charge in [0.2, 0.25) is 0 Å². The Morgan fingerprint density at radius 2 is 2.09 bits per heavy atom. The van der Waals surface area contributed by atoms with E-state index in [4.69, 9.17) is 9.47 Å². The number of nitrogens with zero attached hydrogens (tertiary/aromatic N) is 1. The lowest BCUT2D eigenvalue weighted by Crippen LogP contribution is -2.42. The number of hydrogen-bond donors (Lipinski definition) is 1. The second-order valence-electron chi connectivity index (χ2n) is 5.96. The molecule has 23 heavy (non-hydrogen) atoms. The van der Waals surface area contributed by atoms with Gasteiger partial charge in [-0.05, 0) is 38.8 Å². The average Bonchev–Trinajstić information content (AvgIpc) is 2.53. The molecule has 0 spiro atoms. The number of likely N-dealkylation sites (tertiary alicyclic amines) is 1. The SMILES string of the molecule is COc1ccc(C(=O)N2CCC[C@H](C(=O)O)C2)c(OC(C)C)c1. The van der Waals surface area contributed by atoms with E-state index in [0.717, 1.165) is 0 Å². The van der Waals surface area contributed by atoms with Gasteiger partial charge in [0, 0.05) is 19.2 Å². The highest BCUT2D eigenvalue weighted by atomic mass is 16.5. The molecule has 2 rings (SSSR count). The van der Waals surface area contributed by atoms with Crippen LogP contribution in [0.15, 0.2) is 18.2 Å². The van der Waals surface area contributed by atoms with Crippen molar-refractivity contribution in [1.29, 1.82) is 0 Å². The van der Waals surface area contributed by atoms with Crippen molar-refractivity contribution in [1.82, 2.24) is 4.90 Å². The van der Waals surface area contributed by atoms with Crippen LogP contribution in [-0.4, -0.2) is 48.2 Å². The second kappa shape index (κ2) is 7.35. The lowest BCUT2D eigenvalue weighted by Gasteiger charge is -2.31. The molecule has 0 unspecified atom stereocenters. The van der Waals surface area contributed by atoms with E-state index in [1.165, 1.54) is 0 Å². The van der Waals surface area contributed by atoms with Gasteiger partial charge in [0.25, 0.3) is 5.91 Å². The van der Waals surface area contributed by atoms with Crippen molar-refractivity contribution in [2.75, 3.05) is 20.2 Å². The van der Waals surface area contributed by atoms with Gasteiger partial charge in [0.15, 0.2) is 0 Å². The molecule has 1 aliphatic rings. The molecule has 6 heteroatoms. The van der Waals surface area contributed by atoms with Crippen molar-refractivity contribution in [2.24, 2.45) is 5.92 Å². The second-order valence-corrected chi connectivity index (χ2v) is 5.96. The van der Waals surface area contributed by atoms with Crippen molar-refractivity contribution >= 4 is 11.9 Å². The zero-order valence-corrected chi connectivity index (χ0v) is 13.7. The molecule has 1 fully saturated rings. The number of rotatable bonds is 5. The van der Waals surface area contributed by atoms with Gasteiger partial charge < -0.3 is 19.5 Å². The number of methoxy groups -OCH3 is 1. The third-order valence-corrected chi connectivity index (χ3v) is 3.84. The van der Waals surface area contributed by atoms with Crippen LogP contribution in [0.25, 0.3) is 0 Å². The molecule has 0 radical (unpaired) electrons. The Labute approximate surface area is 136 Å². The number of amides is 1. The molecular weight excluding hydrogens is 298 g/mol. The third kappa shape index (κ3) is 4.15. The maximum absolute atomic E-state index is 12.8. The maximum Gasteiger partial charge on any atom is 0.308 e. The predicted molar refractivity (Wildman–Crippen MR) is 85.0 cm³/mol. The molecule has 0 aliphatic carbocycles. The van der Waals surface area contributed by atoms with Crippen LogP contribution >= 0.6 is 0 Å². The smallest absolute Gasteiger partial charge is 0.308 e. The Bertz CT molecular complexity index is 584. The van der Waals surface area contributed by atoms with Gasteiger partial charge in [0.05, 0.1) is 24.7 Å². The summed E-state index contributed by atoms with van der Waals surface area (Å²) >= 11 is 0. The van der Waals surface area contributed by atoms with Crippen LogP contribution < -0.4 is 9.47 Å². The lowest BCUT2D eigenvalue weighted by atomic mass is 9.97. The number of hydrogen-bond acceptors (Lipinski definition) is 4. The Kier molecular flexibility index (Phi) is 5.47. The first-order valence-electron chi connectivity index (χ1n) is 7.79. The van der Waals surface area contributed by atoms with Crippen molar-refractivity contribution in [3.63, 3.8) is 0 Å². The van der Waals surface area contributed by atoms with Gasteiger partial charge in [-0.1, -0.05) is 0 Å². The Balaban J connectivity index is 2.25. The molecule has 1 aliphatic heterocycles. The standard InChI is InChI=1S/C17H23NO5/c1-11(2)23-15-9-13(22-3)6-7-14(15)16(19)18-8-4-5-12(10-18)17(20)21/h6-7,9,11-12H,4-5,8,10H2,1-3H3,(H,20,21)/t12-/m0/s1. The molecule has 1 saturated heterocycles. The monoisotopic (exact) mass is 321 g/mol. The first kappa shape index (κ1) is 17.1. The van der Waals surface area contributed by atoms with Crippen LogP contribution in [0.2, 0.25) is 0 Å². The van der Waals surface area contributed by atoms with Crippen molar-refractivity contribution in [3.05, 3.63) is 23.8 Å². The summed E-state index contributed by atoms with van der Waals surface area (Å²) in [7, 11) is 1.55. The van der Waals surface area contributed by atoms with Gasteiger partial charge in [-0.25, -0.2) is 0 Å². The maximum atomic E-state index is 12.8. The molecule has 1 atom stereocenters. The van der Waals surface area contributed by atoms with Crippen LogP contribution in [0, 0.1) is 5.92 Å². The Morgan fingerprint density at radius 3 is 2.70 bits per heavy atom. The minimum Gasteiger partial charge on any atom is -0.497 e. The number of benzene rings is 1. The van der Waals surface area contributed by atoms with Crippen molar-refractivity contribution in [3.8, 4) is 11.5 Å². The van der Waals surface area contributed by atoms with Gasteiger partial charge in [-0.15, -0.1) is 0 Å². The van der Waals surface area contributed by atoms with Gasteiger partial charge >= 0.3 is 5.97 Å². The molecule has 126 valence electrons. The fraction of sp³-hybridized carbons (Fsp3) is 0.529. The van der Waals surface area contributed by atoms with E-state index in [1.807, 2.05) is 13.8 Å². The molecule has 0 saturated carbocycles. The molecule has 0 aromatic heterocycles. The van der Waals surface area contributed by atoms with E-state index < -0.39 is 11.9 Å². The van der Waals surface area contributed by atoms with Crippen LogP contribution in [0.5, 0.6) is 11.5 Å². The average molecular weight is 321 g/mol. The minimum atomic E-state index is -0.851. The van der Waals surface area contributed by atoms with Gasteiger partial charge in [-0.2, -0.15) is 0 Å². The number of carbonyl (C=O) groups is 2. The van der Waals surface area contributed by atoms with Crippen LogP contribution in [0.3, 0.4) is 0 Å². The summed E-state index contributed by atoms with van der Waals surface area (Å²) in [6.45, 7) is 4.57. The first-order chi connectivity index (χ1) is 10.9. The topological polar surface area (TPSA) is 76.1 Å². The summed E-state index contributed by atoms with van der Waals surface area (Å²) in [5.41, 5.74) is 0.436. The van der Waals surface area contributed by atoms with Crippen LogP contribution in [0.1, 0.15) is 37.0 Å². The fourth-order valence-electron chi connectivity index (χ4n) is 2.69. The molecule has 1 amide bonds. The fourth-order valence-corrected chi connectivity index (χ4v) is 2.69. The molecule has 1 aromatic rings. The quantitative estimate of drug-likeness (QED) is 0.901. The molecular formula is C17H23NO5. The number of carboxylic acids is 1. The summed E-state index contributed by atoms with van der Waals surface area (Å²) in [5, 5.41) is 9.17. The van der Waals surface area contributed by atoms with Crippen LogP contribution in [-0.2, 0) is 4.79 Å². The number of piperidine rings is 1. The van der Waals surface area contributed by atoms with E-state index in [2.05, 4.69) is 0 Å². The van der Waals surface area contributed by atoms with E-state index in [-0.39, 0.29) is 18.6 Å². The number of carbonyl (C=O) groups excluding carboxylic acids is 1. The zero-order chi connectivity index (χ0) is 17.0. The third-order valence-electron chi connectivity index (χ3n) is 3.84. The van der Waals surface area contributed by atoms with E-state index in [9.17, 15) is 14.7 Å². The summed E-state index contributed by atoms with van der Waals surface area (Å²) in [5.74, 6) is -0.480. The highest BCUT2D eigenvalue weighted by Crippen LogP contribution is 2.28. The minimum absolute atomic E-state index is 0.0817. The van der Waals surface area contributed by atoms with E-state index >= 15 is 0 Å². The molecule has 1 heterocycles. The highest BCUT2D eigenvalue weighted by molar-refractivity contribution is 5.97. The first-order valence-corrected chi connectivity index (χ1v) is 7.79. The number of aliphatic carboxylic acids is 1. The Morgan fingerprint density at radius 1 is 1.35 bits per heavy atom.